The molecule has 66 valence electrons. The van der Waals surface area contributed by atoms with E-state index in [2.05, 4.69) is 15.1 Å². The summed E-state index contributed by atoms with van der Waals surface area (Å²) in [5, 5.41) is 4.07. The SMILES string of the molecule is Cc1c(N)cnn1-c1cnccn1. The van der Waals surface area contributed by atoms with Gasteiger partial charge in [0.1, 0.15) is 0 Å². The molecule has 5 nitrogen and oxygen atoms in total. The Bertz CT molecular complexity index is 406. The van der Waals surface area contributed by atoms with E-state index in [4.69, 9.17) is 5.73 Å². The summed E-state index contributed by atoms with van der Waals surface area (Å²) in [4.78, 5) is 8.05. The van der Waals surface area contributed by atoms with Crippen LogP contribution in [0, 0.1) is 6.92 Å². The summed E-state index contributed by atoms with van der Waals surface area (Å²) < 4.78 is 1.66. The Morgan fingerprint density at radius 1 is 1.31 bits per heavy atom. The van der Waals surface area contributed by atoms with E-state index in [0.29, 0.717) is 11.5 Å². The number of nitrogens with two attached hydrogens (primary N) is 1. The van der Waals surface area contributed by atoms with Crippen LogP contribution in [0.4, 0.5) is 5.69 Å². The molecule has 13 heavy (non-hydrogen) atoms. The normalized spacial score (nSPS) is 10.2. The predicted octanol–water partition coefficient (Wildman–Crippen LogP) is 0.553. The molecule has 2 aromatic rings. The maximum Gasteiger partial charge on any atom is 0.172 e. The van der Waals surface area contributed by atoms with Gasteiger partial charge in [-0.15, -0.1) is 0 Å². The van der Waals surface area contributed by atoms with Gasteiger partial charge in [-0.3, -0.25) is 4.98 Å². The summed E-state index contributed by atoms with van der Waals surface area (Å²) in [6.07, 6.45) is 6.47. The molecule has 0 saturated heterocycles. The number of nitrogens with zero attached hydrogens (tertiary/aromatic N) is 4. The fourth-order valence-corrected chi connectivity index (χ4v) is 1.05. The van der Waals surface area contributed by atoms with Crippen molar-refractivity contribution in [3.05, 3.63) is 30.5 Å². The summed E-state index contributed by atoms with van der Waals surface area (Å²) in [7, 11) is 0. The second-order valence-corrected chi connectivity index (χ2v) is 2.66. The smallest absolute Gasteiger partial charge is 0.172 e. The number of nitrogen functional groups attached to an aromatic ring is 1. The molecule has 0 aliphatic heterocycles. The Kier molecular flexibility index (Phi) is 1.70. The van der Waals surface area contributed by atoms with Gasteiger partial charge in [0.05, 0.1) is 23.8 Å². The number of rotatable bonds is 1. The molecule has 0 aromatic carbocycles. The molecule has 2 aromatic heterocycles. The van der Waals surface area contributed by atoms with Gasteiger partial charge in [-0.2, -0.15) is 5.10 Å². The average molecular weight is 175 g/mol. The maximum atomic E-state index is 5.65. The standard InChI is InChI=1S/C8H9N5/c1-6-7(9)4-12-13(6)8-5-10-2-3-11-8/h2-5H,9H2,1H3. The van der Waals surface area contributed by atoms with Gasteiger partial charge in [0.15, 0.2) is 5.82 Å². The van der Waals surface area contributed by atoms with Crippen molar-refractivity contribution in [2.45, 2.75) is 6.92 Å². The van der Waals surface area contributed by atoms with Crippen LogP contribution in [0.1, 0.15) is 5.69 Å². The third-order valence-electron chi connectivity index (χ3n) is 1.81. The van der Waals surface area contributed by atoms with Crippen molar-refractivity contribution >= 4 is 5.69 Å². The number of anilines is 1. The van der Waals surface area contributed by atoms with Crippen molar-refractivity contribution in [3.8, 4) is 5.82 Å². The molecule has 2 N–H and O–H groups in total. The lowest BCUT2D eigenvalue weighted by molar-refractivity contribution is 0.810. The highest BCUT2D eigenvalue weighted by molar-refractivity contribution is 5.42. The van der Waals surface area contributed by atoms with Crippen molar-refractivity contribution in [1.82, 2.24) is 19.7 Å². The summed E-state index contributed by atoms with van der Waals surface area (Å²) in [6.45, 7) is 1.89. The number of hydrogen-bond acceptors (Lipinski definition) is 4. The molecule has 0 aliphatic carbocycles. The molecule has 0 spiro atoms. The first kappa shape index (κ1) is 7.72. The van der Waals surface area contributed by atoms with Crippen molar-refractivity contribution in [2.24, 2.45) is 0 Å². The van der Waals surface area contributed by atoms with Gasteiger partial charge in [-0.1, -0.05) is 0 Å². The van der Waals surface area contributed by atoms with E-state index in [1.54, 1.807) is 29.5 Å². The minimum atomic E-state index is 0.658. The van der Waals surface area contributed by atoms with E-state index in [9.17, 15) is 0 Å². The van der Waals surface area contributed by atoms with E-state index < -0.39 is 0 Å². The molecule has 2 rings (SSSR count). The van der Waals surface area contributed by atoms with Crippen LogP contribution in [-0.2, 0) is 0 Å². The van der Waals surface area contributed by atoms with Crippen LogP contribution in [0.15, 0.2) is 24.8 Å². The van der Waals surface area contributed by atoms with Crippen molar-refractivity contribution in [3.63, 3.8) is 0 Å². The Hall–Kier alpha value is -1.91. The Morgan fingerprint density at radius 3 is 2.69 bits per heavy atom. The van der Waals surface area contributed by atoms with Crippen LogP contribution in [0.5, 0.6) is 0 Å². The zero-order valence-electron chi connectivity index (χ0n) is 7.18. The highest BCUT2D eigenvalue weighted by Gasteiger charge is 2.04. The van der Waals surface area contributed by atoms with Crippen molar-refractivity contribution < 1.29 is 0 Å². The van der Waals surface area contributed by atoms with E-state index >= 15 is 0 Å². The lowest BCUT2D eigenvalue weighted by Gasteiger charge is -2.00. The second-order valence-electron chi connectivity index (χ2n) is 2.66. The van der Waals surface area contributed by atoms with Crippen LogP contribution in [0.3, 0.4) is 0 Å². The lowest BCUT2D eigenvalue weighted by Crippen LogP contribution is -2.02. The molecule has 0 radical (unpaired) electrons. The van der Waals surface area contributed by atoms with Crippen molar-refractivity contribution in [1.29, 1.82) is 0 Å². The van der Waals surface area contributed by atoms with Crippen LogP contribution >= 0.6 is 0 Å². The molecule has 0 amide bonds. The van der Waals surface area contributed by atoms with Crippen LogP contribution < -0.4 is 5.73 Å². The number of hydrogen-bond donors (Lipinski definition) is 1. The fraction of sp³-hybridized carbons (Fsp3) is 0.125. The zero-order chi connectivity index (χ0) is 9.26. The maximum absolute atomic E-state index is 5.65. The number of aromatic nitrogens is 4. The van der Waals surface area contributed by atoms with Gasteiger partial charge in [-0.05, 0) is 6.92 Å². The molecule has 0 aliphatic rings. The van der Waals surface area contributed by atoms with Crippen LogP contribution in [-0.4, -0.2) is 19.7 Å². The monoisotopic (exact) mass is 175 g/mol. The van der Waals surface area contributed by atoms with Gasteiger partial charge in [0, 0.05) is 12.4 Å². The zero-order valence-corrected chi connectivity index (χ0v) is 7.18. The average Bonchev–Trinajstić information content (AvgIpc) is 2.49. The molecule has 0 atom stereocenters. The summed E-state index contributed by atoms with van der Waals surface area (Å²) >= 11 is 0. The molecule has 0 saturated carbocycles. The molecule has 0 unspecified atom stereocenters. The molecule has 0 bridgehead atoms. The topological polar surface area (TPSA) is 69.6 Å². The van der Waals surface area contributed by atoms with Gasteiger partial charge in [-0.25, -0.2) is 9.67 Å². The molecule has 5 heteroatoms. The largest absolute Gasteiger partial charge is 0.396 e. The third-order valence-corrected chi connectivity index (χ3v) is 1.81. The van der Waals surface area contributed by atoms with Gasteiger partial charge in [0.25, 0.3) is 0 Å². The molecule has 0 fully saturated rings. The Balaban J connectivity index is 2.53. The first-order chi connectivity index (χ1) is 6.29. The third kappa shape index (κ3) is 1.24. The molecule has 2 heterocycles. The molecular formula is C8H9N5. The Morgan fingerprint density at radius 2 is 2.15 bits per heavy atom. The van der Waals surface area contributed by atoms with E-state index in [1.165, 1.54) is 0 Å². The molecular weight excluding hydrogens is 166 g/mol. The minimum Gasteiger partial charge on any atom is -0.396 e. The van der Waals surface area contributed by atoms with Crippen LogP contribution in [0.25, 0.3) is 5.82 Å². The van der Waals surface area contributed by atoms with Gasteiger partial charge >= 0.3 is 0 Å². The summed E-state index contributed by atoms with van der Waals surface area (Å²) in [6, 6.07) is 0. The van der Waals surface area contributed by atoms with Gasteiger partial charge < -0.3 is 5.73 Å². The Labute approximate surface area is 75.2 Å². The second kappa shape index (κ2) is 2.85. The van der Waals surface area contributed by atoms with E-state index in [-0.39, 0.29) is 0 Å². The first-order valence-electron chi connectivity index (χ1n) is 3.85. The minimum absolute atomic E-state index is 0.658. The van der Waals surface area contributed by atoms with Crippen LogP contribution in [0.2, 0.25) is 0 Å². The summed E-state index contributed by atoms with van der Waals surface area (Å²) in [5.74, 6) is 0.678. The lowest BCUT2D eigenvalue weighted by atomic mass is 10.4. The quantitative estimate of drug-likeness (QED) is 0.687. The highest BCUT2D eigenvalue weighted by atomic mass is 15.3. The van der Waals surface area contributed by atoms with Gasteiger partial charge in [0.2, 0.25) is 0 Å². The van der Waals surface area contributed by atoms with E-state index in [1.807, 2.05) is 6.92 Å². The fourth-order valence-electron chi connectivity index (χ4n) is 1.05. The predicted molar refractivity (Wildman–Crippen MR) is 48.3 cm³/mol. The first-order valence-corrected chi connectivity index (χ1v) is 3.85. The summed E-state index contributed by atoms with van der Waals surface area (Å²) in [5.41, 5.74) is 7.18. The highest BCUT2D eigenvalue weighted by Crippen LogP contribution is 2.11. The van der Waals surface area contributed by atoms with Crippen molar-refractivity contribution in [2.75, 3.05) is 5.73 Å². The van der Waals surface area contributed by atoms with E-state index in [0.717, 1.165) is 5.69 Å².